The van der Waals surface area contributed by atoms with Crippen LogP contribution in [-0.2, 0) is 21.2 Å². The van der Waals surface area contributed by atoms with Gasteiger partial charge in [-0.2, -0.15) is 4.72 Å². The number of fused-ring (bicyclic) bond motifs is 1. The van der Waals surface area contributed by atoms with Crippen LogP contribution in [0.15, 0.2) is 119 Å². The molecule has 5 aromatic rings. The van der Waals surface area contributed by atoms with E-state index in [1.54, 1.807) is 48.5 Å². The molecule has 0 aliphatic rings. The van der Waals surface area contributed by atoms with E-state index in [9.17, 15) is 23.1 Å². The van der Waals surface area contributed by atoms with Crippen LogP contribution in [0.4, 0.5) is 5.69 Å². The van der Waals surface area contributed by atoms with E-state index in [4.69, 9.17) is 4.42 Å². The number of aliphatic carboxylic acids is 1. The summed E-state index contributed by atoms with van der Waals surface area (Å²) in [5.74, 6) is -1.39. The number of hydrogen-bond donors (Lipinski definition) is 3. The third-order valence-corrected chi connectivity index (χ3v) is 7.94. The highest BCUT2D eigenvalue weighted by molar-refractivity contribution is 7.89. The summed E-state index contributed by atoms with van der Waals surface area (Å²) in [6.45, 7) is 0. The van der Waals surface area contributed by atoms with Gasteiger partial charge in [-0.15, -0.1) is 0 Å². The van der Waals surface area contributed by atoms with Crippen LogP contribution in [0.5, 0.6) is 0 Å². The van der Waals surface area contributed by atoms with Gasteiger partial charge in [0.1, 0.15) is 11.6 Å². The first-order valence-corrected chi connectivity index (χ1v) is 14.1. The molecule has 0 spiro atoms. The van der Waals surface area contributed by atoms with E-state index in [1.807, 2.05) is 48.5 Å². The quantitative estimate of drug-likeness (QED) is 0.203. The lowest BCUT2D eigenvalue weighted by atomic mass is 10.1. The van der Waals surface area contributed by atoms with E-state index >= 15 is 0 Å². The Kier molecular flexibility index (Phi) is 7.77. The number of sulfonamides is 1. The van der Waals surface area contributed by atoms with Gasteiger partial charge in [-0.1, -0.05) is 72.8 Å². The summed E-state index contributed by atoms with van der Waals surface area (Å²) < 4.78 is 33.7. The second-order valence-corrected chi connectivity index (χ2v) is 11.0. The van der Waals surface area contributed by atoms with Crippen molar-refractivity contribution in [3.63, 3.8) is 0 Å². The van der Waals surface area contributed by atoms with Crippen LogP contribution >= 0.6 is 0 Å². The van der Waals surface area contributed by atoms with Crippen molar-refractivity contribution < 1.29 is 27.5 Å². The summed E-state index contributed by atoms with van der Waals surface area (Å²) in [5, 5.41) is 13.2. The number of benzene rings is 4. The summed E-state index contributed by atoms with van der Waals surface area (Å²) in [6, 6.07) is 30.4. The SMILES string of the molecule is O=C(Nc1ccc(-c2ccc(S(=O)(=O)NC(CCc3ccccc3)C(=O)O)cc2)cc1)c1cc2ccccc2o1. The fraction of sp³-hybridized carbons (Fsp3) is 0.0968. The van der Waals surface area contributed by atoms with Crippen LogP contribution in [0.2, 0.25) is 0 Å². The maximum absolute atomic E-state index is 12.9. The lowest BCUT2D eigenvalue weighted by Gasteiger charge is -2.15. The van der Waals surface area contributed by atoms with Crippen LogP contribution in [0.25, 0.3) is 22.1 Å². The summed E-state index contributed by atoms with van der Waals surface area (Å²) in [5.41, 5.74) is 3.71. The molecule has 1 aromatic heterocycles. The molecule has 0 saturated heterocycles. The smallest absolute Gasteiger partial charge is 0.321 e. The number of aryl methyl sites for hydroxylation is 1. The summed E-state index contributed by atoms with van der Waals surface area (Å²) in [7, 11) is -4.05. The molecule has 1 amide bonds. The van der Waals surface area contributed by atoms with Gasteiger partial charge in [0.15, 0.2) is 5.76 Å². The summed E-state index contributed by atoms with van der Waals surface area (Å²) >= 11 is 0. The number of carboxylic acid groups (broad SMARTS) is 1. The Morgan fingerprint density at radius 1 is 0.800 bits per heavy atom. The van der Waals surface area contributed by atoms with Gasteiger partial charge in [-0.05, 0) is 65.9 Å². The molecule has 1 atom stereocenters. The molecule has 0 aliphatic heterocycles. The number of carboxylic acids is 1. The first-order chi connectivity index (χ1) is 19.3. The Hall–Kier alpha value is -4.73. The van der Waals surface area contributed by atoms with Crippen LogP contribution in [0.3, 0.4) is 0 Å². The molecule has 0 saturated carbocycles. The molecular formula is C31H26N2O6S. The number of anilines is 1. The lowest BCUT2D eigenvalue weighted by Crippen LogP contribution is -2.41. The molecule has 0 bridgehead atoms. The molecule has 0 fully saturated rings. The lowest BCUT2D eigenvalue weighted by molar-refractivity contribution is -0.139. The van der Waals surface area contributed by atoms with Gasteiger partial charge < -0.3 is 14.8 Å². The fourth-order valence-electron chi connectivity index (χ4n) is 4.30. The minimum absolute atomic E-state index is 0.0306. The maximum Gasteiger partial charge on any atom is 0.321 e. The molecule has 9 heteroatoms. The number of nitrogens with one attached hydrogen (secondary N) is 2. The average Bonchev–Trinajstić information content (AvgIpc) is 3.41. The summed E-state index contributed by atoms with van der Waals surface area (Å²) in [4.78, 5) is 24.3. The second-order valence-electron chi connectivity index (χ2n) is 9.24. The third-order valence-electron chi connectivity index (χ3n) is 6.45. The number of hydrogen-bond acceptors (Lipinski definition) is 5. The Bertz CT molecular complexity index is 1710. The van der Waals surface area contributed by atoms with Crippen LogP contribution in [0.1, 0.15) is 22.5 Å². The Morgan fingerprint density at radius 2 is 1.43 bits per heavy atom. The van der Waals surface area contributed by atoms with E-state index in [1.165, 1.54) is 12.1 Å². The molecule has 202 valence electrons. The zero-order chi connectivity index (χ0) is 28.1. The Morgan fingerprint density at radius 3 is 2.08 bits per heavy atom. The van der Waals surface area contributed by atoms with Crippen molar-refractivity contribution in [3.05, 3.63) is 121 Å². The predicted octanol–water partition coefficient (Wildman–Crippen LogP) is 5.72. The molecular weight excluding hydrogens is 528 g/mol. The van der Waals surface area contributed by atoms with Crippen molar-refractivity contribution in [2.24, 2.45) is 0 Å². The molecule has 5 rings (SSSR count). The highest BCUT2D eigenvalue weighted by atomic mass is 32.2. The molecule has 1 heterocycles. The van der Waals surface area contributed by atoms with Crippen LogP contribution in [-0.4, -0.2) is 31.4 Å². The van der Waals surface area contributed by atoms with Gasteiger partial charge in [-0.25, -0.2) is 8.42 Å². The molecule has 8 nitrogen and oxygen atoms in total. The van der Waals surface area contributed by atoms with Gasteiger partial charge in [0, 0.05) is 11.1 Å². The second kappa shape index (κ2) is 11.6. The van der Waals surface area contributed by atoms with Crippen LogP contribution < -0.4 is 10.0 Å². The predicted molar refractivity (Wildman–Crippen MR) is 153 cm³/mol. The molecule has 40 heavy (non-hydrogen) atoms. The number of carbonyl (C=O) groups is 2. The van der Waals surface area contributed by atoms with E-state index in [2.05, 4.69) is 10.0 Å². The largest absolute Gasteiger partial charge is 0.480 e. The van der Waals surface area contributed by atoms with Gasteiger partial charge in [0.05, 0.1) is 4.90 Å². The first kappa shape index (κ1) is 26.9. The normalized spacial score (nSPS) is 12.2. The van der Waals surface area contributed by atoms with Crippen LogP contribution in [0, 0.1) is 0 Å². The van der Waals surface area contributed by atoms with Crippen molar-refractivity contribution >= 4 is 38.6 Å². The number of rotatable bonds is 10. The highest BCUT2D eigenvalue weighted by Gasteiger charge is 2.25. The van der Waals surface area contributed by atoms with Crippen molar-refractivity contribution in [1.29, 1.82) is 0 Å². The van der Waals surface area contributed by atoms with E-state index in [0.717, 1.165) is 22.1 Å². The van der Waals surface area contributed by atoms with Gasteiger partial charge in [-0.3, -0.25) is 9.59 Å². The maximum atomic E-state index is 12.9. The number of para-hydroxylation sites is 1. The minimum atomic E-state index is -4.05. The number of amides is 1. The fourth-order valence-corrected chi connectivity index (χ4v) is 5.53. The monoisotopic (exact) mass is 554 g/mol. The van der Waals surface area contributed by atoms with Crippen molar-refractivity contribution in [3.8, 4) is 11.1 Å². The van der Waals surface area contributed by atoms with E-state index < -0.39 is 22.0 Å². The number of furan rings is 1. The zero-order valence-electron chi connectivity index (χ0n) is 21.3. The number of carbonyl (C=O) groups excluding carboxylic acids is 1. The molecule has 3 N–H and O–H groups in total. The molecule has 0 radical (unpaired) electrons. The highest BCUT2D eigenvalue weighted by Crippen LogP contribution is 2.25. The molecule has 4 aromatic carbocycles. The first-order valence-electron chi connectivity index (χ1n) is 12.6. The molecule has 1 unspecified atom stereocenters. The van der Waals surface area contributed by atoms with Gasteiger partial charge in [0.25, 0.3) is 5.91 Å². The average molecular weight is 555 g/mol. The minimum Gasteiger partial charge on any atom is -0.480 e. The van der Waals surface area contributed by atoms with Gasteiger partial charge >= 0.3 is 5.97 Å². The molecule has 0 aliphatic carbocycles. The third kappa shape index (κ3) is 6.28. The van der Waals surface area contributed by atoms with Gasteiger partial charge in [0.2, 0.25) is 10.0 Å². The van der Waals surface area contributed by atoms with E-state index in [-0.39, 0.29) is 23.0 Å². The Labute approximate surface area is 231 Å². The Balaban J connectivity index is 1.23. The standard InChI is InChI=1S/C31H26N2O6S/c34-30(29-20-24-8-4-5-9-28(24)39-29)32-25-15-11-22(12-16-25)23-13-17-26(18-14-23)40(37,38)33-27(31(35)36)19-10-21-6-2-1-3-7-21/h1-9,11-18,20,27,33H,10,19H2,(H,32,34)(H,35,36). The van der Waals surface area contributed by atoms with E-state index in [0.29, 0.717) is 17.7 Å². The van der Waals surface area contributed by atoms with Crippen molar-refractivity contribution in [2.45, 2.75) is 23.8 Å². The van der Waals surface area contributed by atoms with Crippen molar-refractivity contribution in [2.75, 3.05) is 5.32 Å². The zero-order valence-corrected chi connectivity index (χ0v) is 22.1. The van der Waals surface area contributed by atoms with Crippen molar-refractivity contribution in [1.82, 2.24) is 4.72 Å². The summed E-state index contributed by atoms with van der Waals surface area (Å²) in [6.07, 6.45) is 0.546. The topological polar surface area (TPSA) is 126 Å².